The molecule has 116 valence electrons. The van der Waals surface area contributed by atoms with Gasteiger partial charge in [-0.25, -0.2) is 4.79 Å². The van der Waals surface area contributed by atoms with Gasteiger partial charge in [0.05, 0.1) is 0 Å². The molecule has 0 atom stereocenters. The Hall–Kier alpha value is -2.29. The van der Waals surface area contributed by atoms with Crippen LogP contribution in [0.25, 0.3) is 0 Å². The Morgan fingerprint density at radius 2 is 1.77 bits per heavy atom. The molecule has 0 fully saturated rings. The van der Waals surface area contributed by atoms with Crippen molar-refractivity contribution in [3.05, 3.63) is 71.3 Å². The third kappa shape index (κ3) is 4.92. The van der Waals surface area contributed by atoms with E-state index in [1.54, 1.807) is 0 Å². The molecule has 2 aromatic carbocycles. The first-order chi connectivity index (χ1) is 10.7. The summed E-state index contributed by atoms with van der Waals surface area (Å²) in [6.45, 7) is 6.09. The van der Waals surface area contributed by atoms with E-state index in [0.717, 1.165) is 12.0 Å². The van der Waals surface area contributed by atoms with Crippen molar-refractivity contribution in [2.75, 3.05) is 13.1 Å². The number of amides is 2. The molecule has 2 amide bonds. The van der Waals surface area contributed by atoms with Crippen molar-refractivity contribution in [3.63, 3.8) is 0 Å². The lowest BCUT2D eigenvalue weighted by molar-refractivity contribution is 0.198. The van der Waals surface area contributed by atoms with E-state index < -0.39 is 0 Å². The van der Waals surface area contributed by atoms with Crippen molar-refractivity contribution in [1.82, 2.24) is 10.2 Å². The van der Waals surface area contributed by atoms with E-state index in [2.05, 4.69) is 36.5 Å². The summed E-state index contributed by atoms with van der Waals surface area (Å²) in [4.78, 5) is 14.1. The van der Waals surface area contributed by atoms with E-state index >= 15 is 0 Å². The molecule has 1 N–H and O–H groups in total. The van der Waals surface area contributed by atoms with E-state index in [0.29, 0.717) is 19.6 Å². The Bertz CT molecular complexity index is 595. The predicted molar refractivity (Wildman–Crippen MR) is 90.8 cm³/mol. The third-order valence-electron chi connectivity index (χ3n) is 3.66. The van der Waals surface area contributed by atoms with Crippen LogP contribution in [0.3, 0.4) is 0 Å². The summed E-state index contributed by atoms with van der Waals surface area (Å²) in [6, 6.07) is 18.5. The standard InChI is InChI=1S/C19H24N2O/c1-3-21(15-18-9-5-4-6-10-18)19(22)20-13-12-17-11-7-8-16(2)14-17/h4-11,14H,3,12-13,15H2,1-2H3,(H,20,22). The topological polar surface area (TPSA) is 32.3 Å². The van der Waals surface area contributed by atoms with Gasteiger partial charge in [0.2, 0.25) is 0 Å². The fourth-order valence-corrected chi connectivity index (χ4v) is 2.42. The van der Waals surface area contributed by atoms with Gasteiger partial charge in [0.25, 0.3) is 0 Å². The number of carbonyl (C=O) groups is 1. The molecule has 2 rings (SSSR count). The number of nitrogens with one attached hydrogen (secondary N) is 1. The predicted octanol–water partition coefficient (Wildman–Crippen LogP) is 3.77. The van der Waals surface area contributed by atoms with Gasteiger partial charge in [-0.05, 0) is 31.4 Å². The van der Waals surface area contributed by atoms with Crippen molar-refractivity contribution in [3.8, 4) is 0 Å². The van der Waals surface area contributed by atoms with Crippen molar-refractivity contribution in [1.29, 1.82) is 0 Å². The van der Waals surface area contributed by atoms with Gasteiger partial charge in [0.15, 0.2) is 0 Å². The minimum atomic E-state index is -0.000920. The first kappa shape index (κ1) is 16.1. The minimum absolute atomic E-state index is 0.000920. The molecule has 0 saturated heterocycles. The van der Waals surface area contributed by atoms with Crippen molar-refractivity contribution in [2.24, 2.45) is 0 Å². The molecule has 0 spiro atoms. The van der Waals surface area contributed by atoms with Crippen LogP contribution in [-0.4, -0.2) is 24.0 Å². The summed E-state index contributed by atoms with van der Waals surface area (Å²) < 4.78 is 0. The lowest BCUT2D eigenvalue weighted by Crippen LogP contribution is -2.40. The zero-order valence-corrected chi connectivity index (χ0v) is 13.4. The van der Waals surface area contributed by atoms with Crippen LogP contribution in [0.15, 0.2) is 54.6 Å². The summed E-state index contributed by atoms with van der Waals surface area (Å²) >= 11 is 0. The molecule has 3 heteroatoms. The molecule has 2 aromatic rings. The van der Waals surface area contributed by atoms with Crippen molar-refractivity contribution in [2.45, 2.75) is 26.8 Å². The van der Waals surface area contributed by atoms with Gasteiger partial charge >= 0.3 is 6.03 Å². The SMILES string of the molecule is CCN(Cc1ccccc1)C(=O)NCCc1cccc(C)c1. The second-order valence-electron chi connectivity index (χ2n) is 5.47. The summed E-state index contributed by atoms with van der Waals surface area (Å²) in [5, 5.41) is 3.01. The summed E-state index contributed by atoms with van der Waals surface area (Å²) in [5.41, 5.74) is 3.66. The Kier molecular flexibility index (Phi) is 6.01. The Labute approximate surface area is 133 Å². The molecule has 0 aliphatic rings. The molecular formula is C19H24N2O. The number of aryl methyl sites for hydroxylation is 1. The van der Waals surface area contributed by atoms with E-state index in [-0.39, 0.29) is 6.03 Å². The quantitative estimate of drug-likeness (QED) is 0.864. The highest BCUT2D eigenvalue weighted by Crippen LogP contribution is 2.06. The Morgan fingerprint density at radius 1 is 1.05 bits per heavy atom. The van der Waals surface area contributed by atoms with Gasteiger partial charge in [-0.3, -0.25) is 0 Å². The summed E-state index contributed by atoms with van der Waals surface area (Å²) in [7, 11) is 0. The maximum absolute atomic E-state index is 12.3. The first-order valence-corrected chi connectivity index (χ1v) is 7.81. The Morgan fingerprint density at radius 3 is 2.45 bits per heavy atom. The third-order valence-corrected chi connectivity index (χ3v) is 3.66. The lowest BCUT2D eigenvalue weighted by Gasteiger charge is -2.21. The van der Waals surface area contributed by atoms with Gasteiger partial charge in [-0.1, -0.05) is 60.2 Å². The highest BCUT2D eigenvalue weighted by Gasteiger charge is 2.11. The fourth-order valence-electron chi connectivity index (χ4n) is 2.42. The molecule has 0 unspecified atom stereocenters. The maximum atomic E-state index is 12.3. The van der Waals surface area contributed by atoms with Gasteiger partial charge in [-0.2, -0.15) is 0 Å². The van der Waals surface area contributed by atoms with Gasteiger partial charge in [0.1, 0.15) is 0 Å². The molecule has 0 bridgehead atoms. The number of carbonyl (C=O) groups excluding carboxylic acids is 1. The molecule has 0 aliphatic carbocycles. The van der Waals surface area contributed by atoms with E-state index in [1.807, 2.05) is 42.2 Å². The highest BCUT2D eigenvalue weighted by atomic mass is 16.2. The molecular weight excluding hydrogens is 272 g/mol. The number of nitrogens with zero attached hydrogens (tertiary/aromatic N) is 1. The first-order valence-electron chi connectivity index (χ1n) is 7.81. The van der Waals surface area contributed by atoms with Crippen LogP contribution >= 0.6 is 0 Å². The van der Waals surface area contributed by atoms with E-state index in [4.69, 9.17) is 0 Å². The zero-order valence-electron chi connectivity index (χ0n) is 13.4. The van der Waals surface area contributed by atoms with Crippen LogP contribution in [0.4, 0.5) is 4.79 Å². The van der Waals surface area contributed by atoms with Crippen LogP contribution in [0.5, 0.6) is 0 Å². The monoisotopic (exact) mass is 296 g/mol. The highest BCUT2D eigenvalue weighted by molar-refractivity contribution is 5.74. The fraction of sp³-hybridized carbons (Fsp3) is 0.316. The molecule has 0 aromatic heterocycles. The number of hydrogen-bond donors (Lipinski definition) is 1. The average Bonchev–Trinajstić information content (AvgIpc) is 2.53. The van der Waals surface area contributed by atoms with Crippen molar-refractivity contribution < 1.29 is 4.79 Å². The molecule has 0 radical (unpaired) electrons. The molecule has 0 heterocycles. The van der Waals surface area contributed by atoms with Gasteiger partial charge < -0.3 is 10.2 Å². The maximum Gasteiger partial charge on any atom is 0.317 e. The smallest absolute Gasteiger partial charge is 0.317 e. The second-order valence-corrected chi connectivity index (χ2v) is 5.47. The molecule has 0 aliphatic heterocycles. The normalized spacial score (nSPS) is 10.3. The van der Waals surface area contributed by atoms with Crippen LogP contribution in [-0.2, 0) is 13.0 Å². The number of benzene rings is 2. The minimum Gasteiger partial charge on any atom is -0.338 e. The van der Waals surface area contributed by atoms with Crippen LogP contribution in [0.2, 0.25) is 0 Å². The van der Waals surface area contributed by atoms with Crippen molar-refractivity contribution >= 4 is 6.03 Å². The largest absolute Gasteiger partial charge is 0.338 e. The van der Waals surface area contributed by atoms with Gasteiger partial charge in [-0.15, -0.1) is 0 Å². The van der Waals surface area contributed by atoms with Crippen LogP contribution in [0, 0.1) is 6.92 Å². The molecule has 3 nitrogen and oxygen atoms in total. The molecule has 0 saturated carbocycles. The Balaban J connectivity index is 1.82. The number of hydrogen-bond acceptors (Lipinski definition) is 1. The van der Waals surface area contributed by atoms with Gasteiger partial charge in [0, 0.05) is 19.6 Å². The second kappa shape index (κ2) is 8.23. The van der Waals surface area contributed by atoms with E-state index in [1.165, 1.54) is 11.1 Å². The van der Waals surface area contributed by atoms with Crippen LogP contribution < -0.4 is 5.32 Å². The molecule has 22 heavy (non-hydrogen) atoms. The lowest BCUT2D eigenvalue weighted by atomic mass is 10.1. The summed E-state index contributed by atoms with van der Waals surface area (Å²) in [5.74, 6) is 0. The average molecular weight is 296 g/mol. The van der Waals surface area contributed by atoms with E-state index in [9.17, 15) is 4.79 Å². The van der Waals surface area contributed by atoms with Crippen LogP contribution in [0.1, 0.15) is 23.6 Å². The summed E-state index contributed by atoms with van der Waals surface area (Å²) in [6.07, 6.45) is 0.857. The zero-order chi connectivity index (χ0) is 15.8. The number of urea groups is 1. The number of rotatable bonds is 6.